The van der Waals surface area contributed by atoms with Gasteiger partial charge in [-0.3, -0.25) is 10.1 Å². The fourth-order valence-corrected chi connectivity index (χ4v) is 3.10. The first-order valence-corrected chi connectivity index (χ1v) is 7.98. The van der Waals surface area contributed by atoms with Crippen LogP contribution in [0, 0.1) is 21.4 Å². The molecule has 0 amide bonds. The highest BCUT2D eigenvalue weighted by Crippen LogP contribution is 2.19. The molecule has 0 spiro atoms. The van der Waals surface area contributed by atoms with Gasteiger partial charge in [0.1, 0.15) is 6.54 Å². The van der Waals surface area contributed by atoms with Crippen molar-refractivity contribution in [1.29, 1.82) is 5.26 Å². The number of non-ortho nitro benzene ring substituents is 1. The molecule has 3 rings (SSSR count). The molecule has 2 aromatic carbocycles. The molecule has 2 aromatic rings. The normalized spacial score (nSPS) is 15.0. The van der Waals surface area contributed by atoms with Crippen molar-refractivity contribution >= 4 is 11.4 Å². The SMILES string of the molecule is N#Cc1ccccc1C[NH+]1CCN(c2ccc([N+](=O)[O-])cc2)CC1. The van der Waals surface area contributed by atoms with E-state index >= 15 is 0 Å². The third-order valence-corrected chi connectivity index (χ3v) is 4.47. The minimum atomic E-state index is -0.376. The Bertz CT molecular complexity index is 759. The molecule has 6 nitrogen and oxygen atoms in total. The minimum absolute atomic E-state index is 0.121. The fourth-order valence-electron chi connectivity index (χ4n) is 3.10. The highest BCUT2D eigenvalue weighted by molar-refractivity contribution is 5.51. The Morgan fingerprint density at radius 3 is 2.42 bits per heavy atom. The molecule has 1 heterocycles. The lowest BCUT2D eigenvalue weighted by Crippen LogP contribution is -3.13. The van der Waals surface area contributed by atoms with Crippen LogP contribution in [0.4, 0.5) is 11.4 Å². The second-order valence-electron chi connectivity index (χ2n) is 5.96. The second kappa shape index (κ2) is 7.11. The van der Waals surface area contributed by atoms with Gasteiger partial charge in [0.15, 0.2) is 0 Å². The average molecular weight is 323 g/mol. The summed E-state index contributed by atoms with van der Waals surface area (Å²) in [6, 6.07) is 16.7. The largest absolute Gasteiger partial charge is 0.360 e. The number of nitro benzene ring substituents is 1. The smallest absolute Gasteiger partial charge is 0.269 e. The molecular weight excluding hydrogens is 304 g/mol. The molecule has 0 bridgehead atoms. The molecule has 0 aromatic heterocycles. The summed E-state index contributed by atoms with van der Waals surface area (Å²) in [5, 5.41) is 19.9. The highest BCUT2D eigenvalue weighted by Gasteiger charge is 2.21. The van der Waals surface area contributed by atoms with E-state index in [0.29, 0.717) is 0 Å². The number of quaternary nitrogens is 1. The van der Waals surface area contributed by atoms with Gasteiger partial charge in [0.25, 0.3) is 5.69 Å². The Labute approximate surface area is 140 Å². The van der Waals surface area contributed by atoms with Crippen molar-refractivity contribution in [2.24, 2.45) is 0 Å². The number of anilines is 1. The summed E-state index contributed by atoms with van der Waals surface area (Å²) in [4.78, 5) is 14.1. The average Bonchev–Trinajstić information content (AvgIpc) is 2.63. The van der Waals surface area contributed by atoms with Gasteiger partial charge in [-0.05, 0) is 18.2 Å². The van der Waals surface area contributed by atoms with Crippen molar-refractivity contribution in [3.63, 3.8) is 0 Å². The van der Waals surface area contributed by atoms with E-state index in [1.54, 1.807) is 12.1 Å². The number of hydrogen-bond acceptors (Lipinski definition) is 4. The van der Waals surface area contributed by atoms with E-state index in [1.807, 2.05) is 36.4 Å². The Morgan fingerprint density at radius 1 is 1.12 bits per heavy atom. The second-order valence-corrected chi connectivity index (χ2v) is 5.96. The zero-order valence-electron chi connectivity index (χ0n) is 13.3. The third kappa shape index (κ3) is 3.53. The number of piperazine rings is 1. The van der Waals surface area contributed by atoms with E-state index in [0.717, 1.165) is 49.5 Å². The van der Waals surface area contributed by atoms with E-state index < -0.39 is 0 Å². The van der Waals surface area contributed by atoms with E-state index in [-0.39, 0.29) is 10.6 Å². The zero-order valence-corrected chi connectivity index (χ0v) is 13.3. The van der Waals surface area contributed by atoms with Crippen molar-refractivity contribution < 1.29 is 9.82 Å². The van der Waals surface area contributed by atoms with E-state index in [2.05, 4.69) is 11.0 Å². The van der Waals surface area contributed by atoms with E-state index in [1.165, 1.54) is 4.90 Å². The number of nitrogens with zero attached hydrogens (tertiary/aromatic N) is 3. The summed E-state index contributed by atoms with van der Waals surface area (Å²) >= 11 is 0. The molecule has 0 unspecified atom stereocenters. The van der Waals surface area contributed by atoms with Crippen LogP contribution in [0.2, 0.25) is 0 Å². The Kier molecular flexibility index (Phi) is 4.73. The first-order valence-electron chi connectivity index (χ1n) is 7.98. The third-order valence-electron chi connectivity index (χ3n) is 4.47. The maximum atomic E-state index is 10.7. The van der Waals surface area contributed by atoms with Crippen LogP contribution in [-0.4, -0.2) is 31.1 Å². The van der Waals surface area contributed by atoms with Gasteiger partial charge in [0.05, 0.1) is 42.7 Å². The van der Waals surface area contributed by atoms with Gasteiger partial charge in [-0.1, -0.05) is 18.2 Å². The van der Waals surface area contributed by atoms with Crippen LogP contribution in [0.15, 0.2) is 48.5 Å². The maximum Gasteiger partial charge on any atom is 0.269 e. The van der Waals surface area contributed by atoms with Gasteiger partial charge in [0.2, 0.25) is 0 Å². The lowest BCUT2D eigenvalue weighted by molar-refractivity contribution is -0.914. The quantitative estimate of drug-likeness (QED) is 0.681. The van der Waals surface area contributed by atoms with E-state index in [9.17, 15) is 15.4 Å². The Hall–Kier alpha value is -2.91. The molecule has 0 saturated carbocycles. The summed E-state index contributed by atoms with van der Waals surface area (Å²) in [7, 11) is 0. The highest BCUT2D eigenvalue weighted by atomic mass is 16.6. The monoisotopic (exact) mass is 323 g/mol. The molecule has 6 heteroatoms. The van der Waals surface area contributed by atoms with Gasteiger partial charge in [-0.2, -0.15) is 5.26 Å². The summed E-state index contributed by atoms with van der Waals surface area (Å²) in [5.41, 5.74) is 3.00. The first-order chi connectivity index (χ1) is 11.7. The molecule has 0 radical (unpaired) electrons. The predicted molar refractivity (Wildman–Crippen MR) is 90.9 cm³/mol. The minimum Gasteiger partial charge on any atom is -0.360 e. The predicted octanol–water partition coefficient (Wildman–Crippen LogP) is 1.37. The Morgan fingerprint density at radius 2 is 1.79 bits per heavy atom. The molecule has 122 valence electrons. The molecule has 1 saturated heterocycles. The van der Waals surface area contributed by atoms with Crippen LogP contribution in [0.5, 0.6) is 0 Å². The number of hydrogen-bond donors (Lipinski definition) is 1. The Balaban J connectivity index is 1.59. The molecule has 1 aliphatic heterocycles. The van der Waals surface area contributed by atoms with Gasteiger partial charge >= 0.3 is 0 Å². The van der Waals surface area contributed by atoms with Crippen molar-refractivity contribution in [3.8, 4) is 6.07 Å². The summed E-state index contributed by atoms with van der Waals surface area (Å²) in [6.45, 7) is 4.63. The number of nitrogens with one attached hydrogen (secondary N) is 1. The summed E-state index contributed by atoms with van der Waals surface area (Å²) < 4.78 is 0. The molecule has 1 fully saturated rings. The van der Waals surface area contributed by atoms with Gasteiger partial charge < -0.3 is 9.80 Å². The molecule has 1 N–H and O–H groups in total. The molecule has 0 atom stereocenters. The fraction of sp³-hybridized carbons (Fsp3) is 0.278. The summed E-state index contributed by atoms with van der Waals surface area (Å²) in [6.07, 6.45) is 0. The lowest BCUT2D eigenvalue weighted by Gasteiger charge is -2.33. The number of benzene rings is 2. The van der Waals surface area contributed by atoms with Crippen LogP contribution < -0.4 is 9.80 Å². The first kappa shape index (κ1) is 16.0. The molecule has 1 aliphatic rings. The van der Waals surface area contributed by atoms with Crippen molar-refractivity contribution in [1.82, 2.24) is 0 Å². The van der Waals surface area contributed by atoms with Crippen molar-refractivity contribution in [2.75, 3.05) is 31.1 Å². The van der Waals surface area contributed by atoms with Gasteiger partial charge in [-0.25, -0.2) is 0 Å². The van der Waals surface area contributed by atoms with E-state index in [4.69, 9.17) is 0 Å². The van der Waals surface area contributed by atoms with Gasteiger partial charge in [-0.15, -0.1) is 0 Å². The van der Waals surface area contributed by atoms with Gasteiger partial charge in [0, 0.05) is 23.4 Å². The maximum absolute atomic E-state index is 10.7. The summed E-state index contributed by atoms with van der Waals surface area (Å²) in [5.74, 6) is 0. The zero-order chi connectivity index (χ0) is 16.9. The number of nitro groups is 1. The number of nitriles is 1. The number of rotatable bonds is 4. The van der Waals surface area contributed by atoms with Crippen LogP contribution in [0.25, 0.3) is 0 Å². The van der Waals surface area contributed by atoms with Crippen LogP contribution >= 0.6 is 0 Å². The van der Waals surface area contributed by atoms with Crippen molar-refractivity contribution in [3.05, 3.63) is 69.8 Å². The standard InChI is InChI=1S/C18H18N4O2/c19-13-15-3-1-2-4-16(15)14-20-9-11-21(12-10-20)17-5-7-18(8-6-17)22(23)24/h1-8H,9-12,14H2/p+1. The molecule has 0 aliphatic carbocycles. The lowest BCUT2D eigenvalue weighted by atomic mass is 10.1. The van der Waals surface area contributed by atoms with Crippen LogP contribution in [0.3, 0.4) is 0 Å². The molecule has 24 heavy (non-hydrogen) atoms. The van der Waals surface area contributed by atoms with Crippen LogP contribution in [-0.2, 0) is 6.54 Å². The molecular formula is C18H19N4O2+. The topological polar surface area (TPSA) is 74.6 Å². The van der Waals surface area contributed by atoms with Crippen LogP contribution in [0.1, 0.15) is 11.1 Å². The van der Waals surface area contributed by atoms with Crippen molar-refractivity contribution in [2.45, 2.75) is 6.54 Å².